The van der Waals surface area contributed by atoms with Crippen LogP contribution in [-0.2, 0) is 6.42 Å². The molecule has 17 heavy (non-hydrogen) atoms. The molecule has 0 amide bonds. The van der Waals surface area contributed by atoms with Crippen LogP contribution in [0, 0.1) is 11.6 Å². The largest absolute Gasteiger partial charge is 0.342 e. The molecule has 5 heteroatoms. The normalized spacial score (nSPS) is 10.9. The molecule has 0 saturated carbocycles. The van der Waals surface area contributed by atoms with E-state index in [0.29, 0.717) is 23.3 Å². The van der Waals surface area contributed by atoms with E-state index in [2.05, 4.69) is 21.9 Å². The SMILES string of the molecule is C=CCNCCc1nc2cc(F)c(F)cc2[nH]1. The van der Waals surface area contributed by atoms with Crippen LogP contribution in [0.4, 0.5) is 8.78 Å². The first-order chi connectivity index (χ1) is 8.20. The summed E-state index contributed by atoms with van der Waals surface area (Å²) in [5, 5.41) is 3.12. The summed E-state index contributed by atoms with van der Waals surface area (Å²) >= 11 is 0. The maximum Gasteiger partial charge on any atom is 0.161 e. The van der Waals surface area contributed by atoms with Gasteiger partial charge in [0.15, 0.2) is 11.6 Å². The standard InChI is InChI=1S/C12H13F2N3/c1-2-4-15-5-3-12-16-10-6-8(13)9(14)7-11(10)17-12/h2,6-7,15H,1,3-5H2,(H,16,17). The molecule has 1 aromatic heterocycles. The first kappa shape index (κ1) is 11.7. The zero-order valence-electron chi connectivity index (χ0n) is 9.26. The Labute approximate surface area is 97.6 Å². The Kier molecular flexibility index (Phi) is 3.49. The second-order valence-corrected chi connectivity index (χ2v) is 3.71. The molecule has 1 aromatic carbocycles. The lowest BCUT2D eigenvalue weighted by Gasteiger charge is -1.97. The van der Waals surface area contributed by atoms with Gasteiger partial charge in [0.2, 0.25) is 0 Å². The van der Waals surface area contributed by atoms with Crippen molar-refractivity contribution in [1.29, 1.82) is 0 Å². The average molecular weight is 237 g/mol. The monoisotopic (exact) mass is 237 g/mol. The van der Waals surface area contributed by atoms with Gasteiger partial charge in [-0.3, -0.25) is 0 Å². The number of rotatable bonds is 5. The fourth-order valence-corrected chi connectivity index (χ4v) is 1.59. The van der Waals surface area contributed by atoms with Gasteiger partial charge in [-0.05, 0) is 0 Å². The smallest absolute Gasteiger partial charge is 0.161 e. The molecule has 2 aromatic rings. The van der Waals surface area contributed by atoms with E-state index in [1.54, 1.807) is 6.08 Å². The highest BCUT2D eigenvalue weighted by molar-refractivity contribution is 5.75. The summed E-state index contributed by atoms with van der Waals surface area (Å²) in [6.45, 7) is 5.05. The second-order valence-electron chi connectivity index (χ2n) is 3.71. The predicted molar refractivity (Wildman–Crippen MR) is 62.8 cm³/mol. The Balaban J connectivity index is 2.12. The van der Waals surface area contributed by atoms with Gasteiger partial charge in [-0.1, -0.05) is 6.08 Å². The number of nitrogens with zero attached hydrogens (tertiary/aromatic N) is 1. The minimum atomic E-state index is -0.875. The van der Waals surface area contributed by atoms with Crippen LogP contribution in [0.15, 0.2) is 24.8 Å². The molecular weight excluding hydrogens is 224 g/mol. The van der Waals surface area contributed by atoms with Crippen molar-refractivity contribution in [1.82, 2.24) is 15.3 Å². The van der Waals surface area contributed by atoms with Crippen LogP contribution in [0.2, 0.25) is 0 Å². The maximum atomic E-state index is 13.0. The van der Waals surface area contributed by atoms with E-state index < -0.39 is 11.6 Å². The Bertz CT molecular complexity index is 495. The zero-order chi connectivity index (χ0) is 12.3. The molecule has 0 unspecified atom stereocenters. The molecule has 90 valence electrons. The maximum absolute atomic E-state index is 13.0. The van der Waals surface area contributed by atoms with Crippen molar-refractivity contribution in [2.75, 3.05) is 13.1 Å². The third-order valence-electron chi connectivity index (χ3n) is 2.40. The number of nitrogens with one attached hydrogen (secondary N) is 2. The van der Waals surface area contributed by atoms with Crippen molar-refractivity contribution in [3.63, 3.8) is 0 Å². The molecule has 0 bridgehead atoms. The number of hydrogen-bond acceptors (Lipinski definition) is 2. The lowest BCUT2D eigenvalue weighted by atomic mass is 10.3. The number of hydrogen-bond donors (Lipinski definition) is 2. The van der Waals surface area contributed by atoms with Crippen molar-refractivity contribution < 1.29 is 8.78 Å². The summed E-state index contributed by atoms with van der Waals surface area (Å²) in [7, 11) is 0. The van der Waals surface area contributed by atoms with Gasteiger partial charge in [-0.2, -0.15) is 0 Å². The van der Waals surface area contributed by atoms with Crippen molar-refractivity contribution in [2.45, 2.75) is 6.42 Å². The lowest BCUT2D eigenvalue weighted by molar-refractivity contribution is 0.510. The quantitative estimate of drug-likeness (QED) is 0.618. The molecule has 0 radical (unpaired) electrons. The number of fused-ring (bicyclic) bond motifs is 1. The van der Waals surface area contributed by atoms with E-state index in [1.165, 1.54) is 0 Å². The molecule has 2 N–H and O–H groups in total. The summed E-state index contributed by atoms with van der Waals surface area (Å²) in [6, 6.07) is 2.22. The van der Waals surface area contributed by atoms with E-state index in [9.17, 15) is 8.78 Å². The minimum Gasteiger partial charge on any atom is -0.342 e. The van der Waals surface area contributed by atoms with Gasteiger partial charge >= 0.3 is 0 Å². The first-order valence-electron chi connectivity index (χ1n) is 5.36. The Morgan fingerprint density at radius 2 is 2.12 bits per heavy atom. The molecule has 0 aliphatic heterocycles. The van der Waals surface area contributed by atoms with Crippen molar-refractivity contribution in [3.8, 4) is 0 Å². The summed E-state index contributed by atoms with van der Waals surface area (Å²) in [4.78, 5) is 7.14. The third-order valence-corrected chi connectivity index (χ3v) is 2.40. The van der Waals surface area contributed by atoms with Crippen molar-refractivity contribution in [3.05, 3.63) is 42.2 Å². The van der Waals surface area contributed by atoms with E-state index in [-0.39, 0.29) is 0 Å². The molecule has 1 heterocycles. The molecule has 0 spiro atoms. The van der Waals surface area contributed by atoms with Gasteiger partial charge in [0.25, 0.3) is 0 Å². The minimum absolute atomic E-state index is 0.447. The molecule has 0 aliphatic carbocycles. The highest BCUT2D eigenvalue weighted by Gasteiger charge is 2.08. The lowest BCUT2D eigenvalue weighted by Crippen LogP contribution is -2.17. The Morgan fingerprint density at radius 1 is 1.35 bits per heavy atom. The number of halogens is 2. The summed E-state index contributed by atoms with van der Waals surface area (Å²) in [5.41, 5.74) is 0.963. The van der Waals surface area contributed by atoms with Crippen LogP contribution < -0.4 is 5.32 Å². The summed E-state index contributed by atoms with van der Waals surface area (Å²) in [5.74, 6) is -1.03. The summed E-state index contributed by atoms with van der Waals surface area (Å²) < 4.78 is 25.9. The van der Waals surface area contributed by atoms with Gasteiger partial charge in [-0.15, -0.1) is 6.58 Å². The average Bonchev–Trinajstić information content (AvgIpc) is 2.67. The van der Waals surface area contributed by atoms with Crippen molar-refractivity contribution in [2.24, 2.45) is 0 Å². The Morgan fingerprint density at radius 3 is 2.88 bits per heavy atom. The van der Waals surface area contributed by atoms with Crippen LogP contribution in [0.25, 0.3) is 11.0 Å². The molecule has 0 fully saturated rings. The van der Waals surface area contributed by atoms with E-state index in [0.717, 1.165) is 25.2 Å². The summed E-state index contributed by atoms with van der Waals surface area (Å²) in [6.07, 6.45) is 2.44. The van der Waals surface area contributed by atoms with Crippen LogP contribution in [0.3, 0.4) is 0 Å². The molecule has 2 rings (SSSR count). The topological polar surface area (TPSA) is 40.7 Å². The van der Waals surface area contributed by atoms with Crippen LogP contribution in [0.5, 0.6) is 0 Å². The van der Waals surface area contributed by atoms with Crippen LogP contribution in [0.1, 0.15) is 5.82 Å². The van der Waals surface area contributed by atoms with Gasteiger partial charge in [-0.25, -0.2) is 13.8 Å². The number of aromatic nitrogens is 2. The number of aromatic amines is 1. The van der Waals surface area contributed by atoms with E-state index >= 15 is 0 Å². The zero-order valence-corrected chi connectivity index (χ0v) is 9.26. The second kappa shape index (κ2) is 5.05. The van der Waals surface area contributed by atoms with Crippen LogP contribution in [-0.4, -0.2) is 23.1 Å². The molecule has 0 atom stereocenters. The van der Waals surface area contributed by atoms with Gasteiger partial charge in [0, 0.05) is 31.6 Å². The van der Waals surface area contributed by atoms with Gasteiger partial charge < -0.3 is 10.3 Å². The molecular formula is C12H13F2N3. The predicted octanol–water partition coefficient (Wildman–Crippen LogP) is 2.16. The highest BCUT2D eigenvalue weighted by Crippen LogP contribution is 2.16. The van der Waals surface area contributed by atoms with Crippen LogP contribution >= 0.6 is 0 Å². The van der Waals surface area contributed by atoms with Gasteiger partial charge in [0.1, 0.15) is 5.82 Å². The Hall–Kier alpha value is -1.75. The molecule has 0 saturated heterocycles. The van der Waals surface area contributed by atoms with E-state index in [4.69, 9.17) is 0 Å². The highest BCUT2D eigenvalue weighted by atomic mass is 19.2. The van der Waals surface area contributed by atoms with Gasteiger partial charge in [0.05, 0.1) is 11.0 Å². The molecule has 0 aliphatic rings. The number of benzene rings is 1. The van der Waals surface area contributed by atoms with Crippen molar-refractivity contribution >= 4 is 11.0 Å². The molecule has 3 nitrogen and oxygen atoms in total. The fraction of sp³-hybridized carbons (Fsp3) is 0.250. The van der Waals surface area contributed by atoms with E-state index in [1.807, 2.05) is 0 Å². The fourth-order valence-electron chi connectivity index (χ4n) is 1.59. The third kappa shape index (κ3) is 2.68. The number of H-pyrrole nitrogens is 1. The number of imidazole rings is 1. The first-order valence-corrected chi connectivity index (χ1v) is 5.36.